The first-order chi connectivity index (χ1) is 14.8. The van der Waals surface area contributed by atoms with Crippen molar-refractivity contribution in [1.82, 2.24) is 9.80 Å². The van der Waals surface area contributed by atoms with E-state index in [0.29, 0.717) is 50.2 Å². The molecule has 4 aliphatic rings. The van der Waals surface area contributed by atoms with E-state index in [2.05, 4.69) is 6.07 Å². The smallest absolute Gasteiger partial charge is 0.257 e. The zero-order valence-electron chi connectivity index (χ0n) is 16.8. The maximum atomic E-state index is 14.2. The second-order valence-electron chi connectivity index (χ2n) is 9.29. The first-order valence-corrected chi connectivity index (χ1v) is 10.7. The van der Waals surface area contributed by atoms with Gasteiger partial charge in [0.05, 0.1) is 17.7 Å². The molecule has 5 rings (SSSR count). The highest BCUT2D eigenvalue weighted by molar-refractivity contribution is 5.95. The summed E-state index contributed by atoms with van der Waals surface area (Å²) in [6.07, 6.45) is 3.98. The maximum Gasteiger partial charge on any atom is 0.257 e. The number of halogens is 3. The summed E-state index contributed by atoms with van der Waals surface area (Å²) in [5.74, 6) is -4.30. The summed E-state index contributed by atoms with van der Waals surface area (Å²) < 4.78 is 41.0. The van der Waals surface area contributed by atoms with Gasteiger partial charge in [0.2, 0.25) is 5.91 Å². The van der Waals surface area contributed by atoms with Crippen LogP contribution in [0, 0.1) is 40.6 Å². The highest BCUT2D eigenvalue weighted by atomic mass is 19.2. The van der Waals surface area contributed by atoms with E-state index in [-0.39, 0.29) is 30.0 Å². The first-order valence-electron chi connectivity index (χ1n) is 10.7. The molecule has 6 unspecified atom stereocenters. The summed E-state index contributed by atoms with van der Waals surface area (Å²) in [6.45, 7) is 0. The molecule has 1 aliphatic carbocycles. The molecule has 4 fully saturated rings. The Morgan fingerprint density at radius 2 is 1.65 bits per heavy atom. The second-order valence-corrected chi connectivity index (χ2v) is 9.29. The molecule has 1 aromatic carbocycles. The molecule has 9 heteroatoms. The van der Waals surface area contributed by atoms with Gasteiger partial charge in [-0.05, 0) is 56.4 Å². The van der Waals surface area contributed by atoms with E-state index in [0.717, 1.165) is 6.42 Å². The number of likely N-dealkylation sites (tertiary alicyclic amines) is 1. The first kappa shape index (κ1) is 20.3. The number of nitriles is 1. The minimum atomic E-state index is -1.34. The Balaban J connectivity index is 1.31. The molecule has 2 amide bonds. The van der Waals surface area contributed by atoms with Gasteiger partial charge in [-0.25, -0.2) is 13.2 Å². The number of rotatable bonds is 3. The average molecular weight is 432 g/mol. The average Bonchev–Trinajstić information content (AvgIpc) is 3.34. The van der Waals surface area contributed by atoms with E-state index < -0.39 is 41.0 Å². The molecule has 0 radical (unpaired) electrons. The van der Waals surface area contributed by atoms with E-state index in [1.54, 1.807) is 9.80 Å². The maximum absolute atomic E-state index is 14.2. The minimum absolute atomic E-state index is 0.123. The topological polar surface area (TPSA) is 90.4 Å². The van der Waals surface area contributed by atoms with Gasteiger partial charge in [-0.1, -0.05) is 0 Å². The van der Waals surface area contributed by atoms with Crippen LogP contribution in [0.25, 0.3) is 0 Å². The Morgan fingerprint density at radius 1 is 1.00 bits per heavy atom. The Kier molecular flexibility index (Phi) is 4.74. The fourth-order valence-corrected chi connectivity index (χ4v) is 5.93. The van der Waals surface area contributed by atoms with Crippen molar-refractivity contribution in [3.05, 3.63) is 35.1 Å². The number of benzene rings is 1. The summed E-state index contributed by atoms with van der Waals surface area (Å²) in [4.78, 5) is 29.2. The summed E-state index contributed by atoms with van der Waals surface area (Å²) >= 11 is 0. The number of amides is 2. The van der Waals surface area contributed by atoms with Crippen LogP contribution in [-0.4, -0.2) is 51.8 Å². The number of piperidine rings is 2. The van der Waals surface area contributed by atoms with Crippen molar-refractivity contribution in [1.29, 1.82) is 5.26 Å². The van der Waals surface area contributed by atoms with E-state index in [4.69, 9.17) is 5.73 Å². The molecule has 1 aromatic rings. The molecule has 3 aliphatic heterocycles. The number of nitrogens with two attached hydrogens (primary N) is 1. The molecular formula is C22H23F3N4O2. The fraction of sp³-hybridized carbons (Fsp3) is 0.591. The monoisotopic (exact) mass is 432 g/mol. The third kappa shape index (κ3) is 3.19. The van der Waals surface area contributed by atoms with Gasteiger partial charge in [0.15, 0.2) is 11.6 Å². The number of carbonyl (C=O) groups is 2. The van der Waals surface area contributed by atoms with Crippen molar-refractivity contribution in [3.63, 3.8) is 0 Å². The quantitative estimate of drug-likeness (QED) is 0.743. The Bertz CT molecular complexity index is 982. The van der Waals surface area contributed by atoms with E-state index in [1.165, 1.54) is 0 Å². The number of nitrogens with zero attached hydrogens (tertiary/aromatic N) is 3. The van der Waals surface area contributed by atoms with Crippen molar-refractivity contribution in [2.75, 3.05) is 0 Å². The number of hydrogen-bond acceptors (Lipinski definition) is 4. The van der Waals surface area contributed by atoms with Gasteiger partial charge in [-0.3, -0.25) is 9.59 Å². The molecule has 3 saturated heterocycles. The molecular weight excluding hydrogens is 409 g/mol. The van der Waals surface area contributed by atoms with Crippen LogP contribution in [0.3, 0.4) is 0 Å². The molecule has 0 aromatic heterocycles. The fourth-order valence-electron chi connectivity index (χ4n) is 5.93. The van der Waals surface area contributed by atoms with Crippen molar-refractivity contribution in [3.8, 4) is 6.07 Å². The van der Waals surface area contributed by atoms with Gasteiger partial charge in [0, 0.05) is 24.2 Å². The molecule has 164 valence electrons. The van der Waals surface area contributed by atoms with Crippen molar-refractivity contribution in [2.24, 2.45) is 17.6 Å². The highest BCUT2D eigenvalue weighted by Gasteiger charge is 2.56. The molecule has 6 nitrogen and oxygen atoms in total. The van der Waals surface area contributed by atoms with Gasteiger partial charge in [-0.15, -0.1) is 0 Å². The van der Waals surface area contributed by atoms with E-state index in [1.807, 2.05) is 0 Å². The van der Waals surface area contributed by atoms with Crippen LogP contribution in [0.5, 0.6) is 0 Å². The normalized spacial score (nSPS) is 34.3. The number of hydrogen-bond donors (Lipinski definition) is 1. The predicted octanol–water partition coefficient (Wildman–Crippen LogP) is 2.33. The minimum Gasteiger partial charge on any atom is -0.333 e. The third-order valence-electron chi connectivity index (χ3n) is 7.55. The van der Waals surface area contributed by atoms with E-state index in [9.17, 15) is 28.0 Å². The molecule has 6 atom stereocenters. The molecule has 31 heavy (non-hydrogen) atoms. The van der Waals surface area contributed by atoms with E-state index >= 15 is 0 Å². The van der Waals surface area contributed by atoms with Crippen LogP contribution >= 0.6 is 0 Å². The van der Waals surface area contributed by atoms with Crippen LogP contribution in [0.2, 0.25) is 0 Å². The molecule has 3 heterocycles. The van der Waals surface area contributed by atoms with Crippen LogP contribution in [0.4, 0.5) is 13.2 Å². The Morgan fingerprint density at radius 3 is 2.29 bits per heavy atom. The molecule has 2 N–H and O–H groups in total. The van der Waals surface area contributed by atoms with Crippen LogP contribution in [0.15, 0.2) is 12.1 Å². The van der Waals surface area contributed by atoms with Gasteiger partial charge >= 0.3 is 0 Å². The second kappa shape index (κ2) is 7.23. The highest BCUT2D eigenvalue weighted by Crippen LogP contribution is 2.48. The lowest BCUT2D eigenvalue weighted by atomic mass is 9.84. The van der Waals surface area contributed by atoms with Crippen molar-refractivity contribution >= 4 is 11.8 Å². The zero-order valence-corrected chi connectivity index (χ0v) is 16.8. The van der Waals surface area contributed by atoms with Gasteiger partial charge in [0.1, 0.15) is 11.9 Å². The lowest BCUT2D eigenvalue weighted by Gasteiger charge is -2.41. The Hall–Kier alpha value is -2.60. The molecule has 1 saturated carbocycles. The predicted molar refractivity (Wildman–Crippen MR) is 103 cm³/mol. The summed E-state index contributed by atoms with van der Waals surface area (Å²) in [7, 11) is 0. The SMILES string of the molecule is N#CC1CC2CC2N1C(=O)C(N)C1CC2CCC(C1)N2C(=O)c1cc(F)c(F)cc1F. The van der Waals surface area contributed by atoms with Crippen LogP contribution in [0.1, 0.15) is 48.9 Å². The van der Waals surface area contributed by atoms with Gasteiger partial charge in [-0.2, -0.15) is 5.26 Å². The van der Waals surface area contributed by atoms with Gasteiger partial charge < -0.3 is 15.5 Å². The standard InChI is InChI=1S/C22H23F3N4O2/c23-16-8-18(25)17(24)7-15(16)21(30)28-12-1-2-13(28)5-11(4-12)20(27)22(31)29-14(9-26)3-10-6-19(10)29/h7-8,10-14,19-20H,1-6,27H2. The molecule has 0 spiro atoms. The molecule has 2 bridgehead atoms. The number of fused-ring (bicyclic) bond motifs is 3. The summed E-state index contributed by atoms with van der Waals surface area (Å²) in [5.41, 5.74) is 5.88. The summed E-state index contributed by atoms with van der Waals surface area (Å²) in [6, 6.07) is 1.68. The summed E-state index contributed by atoms with van der Waals surface area (Å²) in [5, 5.41) is 9.36. The van der Waals surface area contributed by atoms with Crippen LogP contribution in [-0.2, 0) is 4.79 Å². The lowest BCUT2D eigenvalue weighted by molar-refractivity contribution is -0.135. The number of carbonyl (C=O) groups excluding carboxylic acids is 2. The van der Waals surface area contributed by atoms with Crippen LogP contribution < -0.4 is 5.73 Å². The Labute approximate surface area is 177 Å². The largest absolute Gasteiger partial charge is 0.333 e. The zero-order chi connectivity index (χ0) is 22.0. The van der Waals surface area contributed by atoms with Crippen molar-refractivity contribution in [2.45, 2.75) is 68.7 Å². The third-order valence-corrected chi connectivity index (χ3v) is 7.55. The van der Waals surface area contributed by atoms with Gasteiger partial charge in [0.25, 0.3) is 5.91 Å². The van der Waals surface area contributed by atoms with Crippen molar-refractivity contribution < 1.29 is 22.8 Å². The lowest BCUT2D eigenvalue weighted by Crippen LogP contribution is -2.55.